The minimum atomic E-state index is 0.326. The smallest absolute Gasteiger partial charge is 0.210 e. The zero-order valence-corrected chi connectivity index (χ0v) is 6.35. The first-order valence-electron chi connectivity index (χ1n) is 3.80. The highest BCUT2D eigenvalue weighted by atomic mass is 15.1. The molecule has 3 heteroatoms. The van der Waals surface area contributed by atoms with Gasteiger partial charge in [-0.05, 0) is 12.8 Å². The average molecular weight is 140 g/mol. The summed E-state index contributed by atoms with van der Waals surface area (Å²) in [7, 11) is 1.74. The fourth-order valence-electron chi connectivity index (χ4n) is 1.28. The molecule has 1 saturated carbocycles. The van der Waals surface area contributed by atoms with Crippen LogP contribution in [-0.2, 0) is 0 Å². The summed E-state index contributed by atoms with van der Waals surface area (Å²) in [6.45, 7) is 0. The first-order chi connectivity index (χ1) is 4.83. The quantitative estimate of drug-likeness (QED) is 0.408. The lowest BCUT2D eigenvalue weighted by atomic mass is 10.2. The minimum absolute atomic E-state index is 0.326. The molecule has 0 aliphatic heterocycles. The summed E-state index contributed by atoms with van der Waals surface area (Å²) in [5.41, 5.74) is 0. The van der Waals surface area contributed by atoms with Crippen molar-refractivity contribution in [1.82, 2.24) is 10.6 Å². The van der Waals surface area contributed by atoms with Crippen molar-refractivity contribution < 1.29 is 0 Å². The van der Waals surface area contributed by atoms with Gasteiger partial charge in [-0.2, -0.15) is 0 Å². The molecule has 0 spiro atoms. The van der Waals surface area contributed by atoms with Crippen molar-refractivity contribution >= 4 is 5.96 Å². The Morgan fingerprint density at radius 3 is 2.60 bits per heavy atom. The van der Waals surface area contributed by atoms with Gasteiger partial charge in [0.25, 0.3) is 0 Å². The standard InChI is InChI=1S/C7H14N3/c1-9-7(8)10-6-4-2-3-5-6/h6H,2-5H2,1H3,(H2,8,9). The number of nitrogens with one attached hydrogen (secondary N) is 2. The zero-order chi connectivity index (χ0) is 7.40. The van der Waals surface area contributed by atoms with Crippen LogP contribution in [0.3, 0.4) is 0 Å². The second kappa shape index (κ2) is 3.44. The fourth-order valence-corrected chi connectivity index (χ4v) is 1.28. The highest BCUT2D eigenvalue weighted by Crippen LogP contribution is 2.17. The van der Waals surface area contributed by atoms with Crippen LogP contribution in [0.25, 0.3) is 0 Å². The Morgan fingerprint density at radius 2 is 2.10 bits per heavy atom. The van der Waals surface area contributed by atoms with Gasteiger partial charge in [-0.25, -0.2) is 5.32 Å². The number of hydrogen-bond donors (Lipinski definition) is 2. The maximum Gasteiger partial charge on any atom is 0.210 e. The van der Waals surface area contributed by atoms with E-state index >= 15 is 0 Å². The Balaban J connectivity index is 2.17. The van der Waals surface area contributed by atoms with Gasteiger partial charge in [0, 0.05) is 7.05 Å². The van der Waals surface area contributed by atoms with Gasteiger partial charge in [0.05, 0.1) is 6.04 Å². The number of guanidine groups is 1. The van der Waals surface area contributed by atoms with Crippen LogP contribution < -0.4 is 10.6 Å². The van der Waals surface area contributed by atoms with E-state index in [0.717, 1.165) is 0 Å². The summed E-state index contributed by atoms with van der Waals surface area (Å²) >= 11 is 0. The van der Waals surface area contributed by atoms with E-state index in [-0.39, 0.29) is 0 Å². The molecule has 1 aliphatic rings. The maximum atomic E-state index is 7.22. The van der Waals surface area contributed by atoms with E-state index in [2.05, 4.69) is 10.6 Å². The molecule has 3 nitrogen and oxygen atoms in total. The molecule has 0 bridgehead atoms. The first kappa shape index (κ1) is 7.38. The molecule has 1 rings (SSSR count). The largest absolute Gasteiger partial charge is 0.358 e. The van der Waals surface area contributed by atoms with Crippen molar-refractivity contribution in [3.63, 3.8) is 0 Å². The zero-order valence-electron chi connectivity index (χ0n) is 6.35. The molecule has 0 atom stereocenters. The van der Waals surface area contributed by atoms with E-state index in [4.69, 9.17) is 5.41 Å². The van der Waals surface area contributed by atoms with E-state index < -0.39 is 0 Å². The Bertz CT molecular complexity index is 116. The Kier molecular flexibility index (Phi) is 2.54. The normalized spacial score (nSPS) is 18.9. The second-order valence-corrected chi connectivity index (χ2v) is 2.67. The molecular formula is C7H14N3. The number of nitrogens with zero attached hydrogens (tertiary/aromatic N) is 1. The lowest BCUT2D eigenvalue weighted by Crippen LogP contribution is -2.33. The molecule has 0 saturated heterocycles. The van der Waals surface area contributed by atoms with Crippen LogP contribution in [0.5, 0.6) is 0 Å². The van der Waals surface area contributed by atoms with Crippen LogP contribution in [0.4, 0.5) is 0 Å². The molecule has 0 amide bonds. The molecule has 0 heterocycles. The van der Waals surface area contributed by atoms with E-state index in [9.17, 15) is 0 Å². The lowest BCUT2D eigenvalue weighted by Gasteiger charge is -2.09. The topological polar surface area (TPSA) is 50.0 Å². The number of rotatable bonds is 1. The van der Waals surface area contributed by atoms with E-state index in [1.807, 2.05) is 0 Å². The molecule has 1 radical (unpaired) electrons. The molecular weight excluding hydrogens is 126 g/mol. The fraction of sp³-hybridized carbons (Fsp3) is 0.857. The second-order valence-electron chi connectivity index (χ2n) is 2.67. The summed E-state index contributed by atoms with van der Waals surface area (Å²) < 4.78 is 0. The van der Waals surface area contributed by atoms with Crippen LogP contribution >= 0.6 is 0 Å². The molecule has 0 aromatic heterocycles. The molecule has 0 aromatic carbocycles. The highest BCUT2D eigenvalue weighted by molar-refractivity contribution is 5.76. The first-order valence-corrected chi connectivity index (χ1v) is 3.80. The van der Waals surface area contributed by atoms with Crippen LogP contribution in [0, 0.1) is 5.41 Å². The van der Waals surface area contributed by atoms with Gasteiger partial charge in [0.1, 0.15) is 0 Å². The molecule has 0 unspecified atom stereocenters. The Morgan fingerprint density at radius 1 is 1.50 bits per heavy atom. The van der Waals surface area contributed by atoms with Crippen molar-refractivity contribution in [1.29, 1.82) is 5.41 Å². The summed E-state index contributed by atoms with van der Waals surface area (Å²) in [4.78, 5) is 0. The minimum Gasteiger partial charge on any atom is -0.358 e. The Labute approximate surface area is 61.7 Å². The van der Waals surface area contributed by atoms with Crippen molar-refractivity contribution in [3.05, 3.63) is 0 Å². The van der Waals surface area contributed by atoms with E-state index in [1.54, 1.807) is 7.05 Å². The predicted octanol–water partition coefficient (Wildman–Crippen LogP) is 0.688. The molecule has 0 aromatic rings. The summed E-state index contributed by atoms with van der Waals surface area (Å²) in [6, 6.07) is 0.431. The van der Waals surface area contributed by atoms with Crippen LogP contribution in [-0.4, -0.2) is 19.0 Å². The van der Waals surface area contributed by atoms with Crippen LogP contribution in [0.2, 0.25) is 0 Å². The highest BCUT2D eigenvalue weighted by Gasteiger charge is 2.16. The van der Waals surface area contributed by atoms with Crippen LogP contribution in [0.1, 0.15) is 25.7 Å². The van der Waals surface area contributed by atoms with Crippen molar-refractivity contribution in [2.24, 2.45) is 0 Å². The third-order valence-corrected chi connectivity index (χ3v) is 1.87. The van der Waals surface area contributed by atoms with Gasteiger partial charge in [0.2, 0.25) is 5.96 Å². The molecule has 1 fully saturated rings. The van der Waals surface area contributed by atoms with Crippen molar-refractivity contribution in [2.75, 3.05) is 7.05 Å². The van der Waals surface area contributed by atoms with Crippen molar-refractivity contribution in [3.8, 4) is 0 Å². The molecule has 57 valence electrons. The Hall–Kier alpha value is -0.730. The molecule has 2 N–H and O–H groups in total. The monoisotopic (exact) mass is 140 g/mol. The predicted molar refractivity (Wildman–Crippen MR) is 41.2 cm³/mol. The van der Waals surface area contributed by atoms with Gasteiger partial charge in [0.15, 0.2) is 0 Å². The average Bonchev–Trinajstić information content (AvgIpc) is 2.40. The van der Waals surface area contributed by atoms with E-state index in [0.29, 0.717) is 12.0 Å². The van der Waals surface area contributed by atoms with Gasteiger partial charge in [-0.3, -0.25) is 5.41 Å². The molecule has 10 heavy (non-hydrogen) atoms. The SMILES string of the molecule is CNC(=N)[N]C1CCCC1. The maximum absolute atomic E-state index is 7.22. The van der Waals surface area contributed by atoms with Gasteiger partial charge in [-0.1, -0.05) is 12.8 Å². The summed E-state index contributed by atoms with van der Waals surface area (Å²) in [5, 5.41) is 14.1. The van der Waals surface area contributed by atoms with Crippen LogP contribution in [0.15, 0.2) is 0 Å². The third kappa shape index (κ3) is 1.90. The molecule has 1 aliphatic carbocycles. The number of hydrogen-bond acceptors (Lipinski definition) is 1. The van der Waals surface area contributed by atoms with Gasteiger partial charge < -0.3 is 5.32 Å². The lowest BCUT2D eigenvalue weighted by molar-refractivity contribution is 0.608. The van der Waals surface area contributed by atoms with Gasteiger partial charge >= 0.3 is 0 Å². The third-order valence-electron chi connectivity index (χ3n) is 1.87. The van der Waals surface area contributed by atoms with Gasteiger partial charge in [-0.15, -0.1) is 0 Å². The summed E-state index contributed by atoms with van der Waals surface area (Å²) in [5.74, 6) is 0.326. The van der Waals surface area contributed by atoms with Crippen molar-refractivity contribution in [2.45, 2.75) is 31.7 Å². The summed E-state index contributed by atoms with van der Waals surface area (Å²) in [6.07, 6.45) is 4.91. The van der Waals surface area contributed by atoms with E-state index in [1.165, 1.54) is 25.7 Å².